The predicted octanol–water partition coefficient (Wildman–Crippen LogP) is 2.72. The summed E-state index contributed by atoms with van der Waals surface area (Å²) < 4.78 is 2.19. The molecule has 92 valence electrons. The Bertz CT molecular complexity index is 538. The largest absolute Gasteiger partial charge is 0.331 e. The molecule has 0 saturated carbocycles. The van der Waals surface area contributed by atoms with Gasteiger partial charge >= 0.3 is 0 Å². The van der Waals surface area contributed by atoms with E-state index >= 15 is 0 Å². The maximum absolute atomic E-state index is 5.77. The van der Waals surface area contributed by atoms with Crippen molar-refractivity contribution in [2.24, 2.45) is 12.8 Å². The fraction of sp³-hybridized carbons (Fsp3) is 0.500. The third kappa shape index (κ3) is 1.84. The van der Waals surface area contributed by atoms with E-state index in [1.54, 1.807) is 0 Å². The van der Waals surface area contributed by atoms with Crippen LogP contribution in [-0.4, -0.2) is 9.55 Å². The number of aromatic nitrogens is 2. The molecule has 0 radical (unpaired) electrons. The van der Waals surface area contributed by atoms with E-state index < -0.39 is 0 Å². The molecule has 1 aromatic heterocycles. The van der Waals surface area contributed by atoms with Gasteiger partial charge in [-0.2, -0.15) is 0 Å². The Balaban J connectivity index is 2.72. The van der Waals surface area contributed by atoms with Crippen molar-refractivity contribution in [3.8, 4) is 0 Å². The lowest BCUT2D eigenvalue weighted by Gasteiger charge is -2.21. The van der Waals surface area contributed by atoms with Gasteiger partial charge in [0.25, 0.3) is 0 Å². The summed E-state index contributed by atoms with van der Waals surface area (Å²) in [5.74, 6) is 1.14. The third-order valence-electron chi connectivity index (χ3n) is 3.70. The first-order valence-electron chi connectivity index (χ1n) is 6.16. The van der Waals surface area contributed by atoms with Crippen LogP contribution in [0, 0.1) is 0 Å². The molecule has 0 saturated heterocycles. The van der Waals surface area contributed by atoms with Crippen LogP contribution in [0.4, 0.5) is 0 Å². The number of aryl methyl sites for hydroxylation is 1. The van der Waals surface area contributed by atoms with Crippen LogP contribution in [0.3, 0.4) is 0 Å². The second-order valence-corrected chi connectivity index (χ2v) is 5.22. The van der Waals surface area contributed by atoms with E-state index in [4.69, 9.17) is 10.7 Å². The van der Waals surface area contributed by atoms with E-state index in [2.05, 4.69) is 50.6 Å². The monoisotopic (exact) mass is 231 g/mol. The van der Waals surface area contributed by atoms with E-state index in [1.807, 2.05) is 0 Å². The van der Waals surface area contributed by atoms with Gasteiger partial charge in [-0.15, -0.1) is 0 Å². The first-order valence-corrected chi connectivity index (χ1v) is 6.16. The molecule has 3 heteroatoms. The summed E-state index contributed by atoms with van der Waals surface area (Å²) in [5.41, 5.74) is 9.21. The highest BCUT2D eigenvalue weighted by Crippen LogP contribution is 2.29. The SMILES string of the molecule is CCC(C)(C)c1nc2c(CN)cccc2n1C. The van der Waals surface area contributed by atoms with Crippen LogP contribution >= 0.6 is 0 Å². The highest BCUT2D eigenvalue weighted by molar-refractivity contribution is 5.79. The molecule has 2 rings (SSSR count). The second kappa shape index (κ2) is 4.15. The molecule has 1 heterocycles. The van der Waals surface area contributed by atoms with Crippen molar-refractivity contribution in [2.75, 3.05) is 0 Å². The topological polar surface area (TPSA) is 43.8 Å². The molecule has 0 fully saturated rings. The third-order valence-corrected chi connectivity index (χ3v) is 3.70. The zero-order valence-electron chi connectivity index (χ0n) is 11.1. The van der Waals surface area contributed by atoms with Crippen molar-refractivity contribution in [2.45, 2.75) is 39.2 Å². The van der Waals surface area contributed by atoms with Gasteiger partial charge in [-0.1, -0.05) is 32.9 Å². The molecular formula is C14H21N3. The van der Waals surface area contributed by atoms with E-state index in [9.17, 15) is 0 Å². The summed E-state index contributed by atoms with van der Waals surface area (Å²) in [6, 6.07) is 6.21. The van der Waals surface area contributed by atoms with Crippen molar-refractivity contribution in [1.82, 2.24) is 9.55 Å². The van der Waals surface area contributed by atoms with Gasteiger partial charge in [0.05, 0.1) is 11.0 Å². The molecule has 0 bridgehead atoms. The van der Waals surface area contributed by atoms with E-state index in [0.29, 0.717) is 6.54 Å². The Hall–Kier alpha value is -1.35. The number of benzene rings is 1. The standard InChI is InChI=1S/C14H21N3/c1-5-14(2,3)13-16-12-10(9-15)7-6-8-11(12)17(13)4/h6-8H,5,9,15H2,1-4H3. The summed E-state index contributed by atoms with van der Waals surface area (Å²) in [4.78, 5) is 4.81. The summed E-state index contributed by atoms with van der Waals surface area (Å²) in [6.45, 7) is 7.20. The van der Waals surface area contributed by atoms with Gasteiger partial charge < -0.3 is 10.3 Å². The number of nitrogens with zero attached hydrogens (tertiary/aromatic N) is 2. The number of rotatable bonds is 3. The highest BCUT2D eigenvalue weighted by Gasteiger charge is 2.25. The second-order valence-electron chi connectivity index (χ2n) is 5.22. The maximum atomic E-state index is 5.77. The molecule has 1 aromatic carbocycles. The molecular weight excluding hydrogens is 210 g/mol. The Kier molecular flexibility index (Phi) is 2.96. The average molecular weight is 231 g/mol. The predicted molar refractivity (Wildman–Crippen MR) is 71.9 cm³/mol. The Morgan fingerprint density at radius 3 is 2.65 bits per heavy atom. The molecule has 0 unspecified atom stereocenters. The quantitative estimate of drug-likeness (QED) is 0.882. The van der Waals surface area contributed by atoms with Gasteiger partial charge in [0.2, 0.25) is 0 Å². The Labute approximate surface area is 103 Å². The van der Waals surface area contributed by atoms with Gasteiger partial charge in [-0.3, -0.25) is 0 Å². The van der Waals surface area contributed by atoms with Gasteiger partial charge in [-0.25, -0.2) is 4.98 Å². The first kappa shape index (κ1) is 12.1. The van der Waals surface area contributed by atoms with E-state index in [0.717, 1.165) is 23.3 Å². The fourth-order valence-corrected chi connectivity index (χ4v) is 2.20. The smallest absolute Gasteiger partial charge is 0.115 e. The van der Waals surface area contributed by atoms with Gasteiger partial charge in [-0.05, 0) is 18.1 Å². The minimum atomic E-state index is 0.0969. The highest BCUT2D eigenvalue weighted by atomic mass is 15.1. The summed E-state index contributed by atoms with van der Waals surface area (Å²) in [5, 5.41) is 0. The molecule has 0 aliphatic heterocycles. The summed E-state index contributed by atoms with van der Waals surface area (Å²) in [6.07, 6.45) is 1.07. The summed E-state index contributed by atoms with van der Waals surface area (Å²) in [7, 11) is 2.09. The zero-order valence-corrected chi connectivity index (χ0v) is 11.1. The van der Waals surface area contributed by atoms with Crippen LogP contribution in [0.2, 0.25) is 0 Å². The van der Waals surface area contributed by atoms with Crippen molar-refractivity contribution < 1.29 is 0 Å². The van der Waals surface area contributed by atoms with Gasteiger partial charge in [0.15, 0.2) is 0 Å². The molecule has 2 N–H and O–H groups in total. The normalized spacial score (nSPS) is 12.3. The zero-order chi connectivity index (χ0) is 12.6. The molecule has 2 aromatic rings. The average Bonchev–Trinajstić information content (AvgIpc) is 2.68. The number of imidazole rings is 1. The molecule has 0 spiro atoms. The van der Waals surface area contributed by atoms with Crippen LogP contribution in [0.25, 0.3) is 11.0 Å². The minimum absolute atomic E-state index is 0.0969. The van der Waals surface area contributed by atoms with E-state index in [-0.39, 0.29) is 5.41 Å². The fourth-order valence-electron chi connectivity index (χ4n) is 2.20. The molecule has 0 atom stereocenters. The van der Waals surface area contributed by atoms with Gasteiger partial charge in [0.1, 0.15) is 5.82 Å². The number of para-hydroxylation sites is 1. The number of nitrogens with two attached hydrogens (primary N) is 1. The van der Waals surface area contributed by atoms with Crippen molar-refractivity contribution in [3.63, 3.8) is 0 Å². The van der Waals surface area contributed by atoms with Crippen molar-refractivity contribution >= 4 is 11.0 Å². The molecule has 3 nitrogen and oxygen atoms in total. The van der Waals surface area contributed by atoms with Crippen LogP contribution in [0.5, 0.6) is 0 Å². The number of fused-ring (bicyclic) bond motifs is 1. The van der Waals surface area contributed by atoms with Crippen molar-refractivity contribution in [3.05, 3.63) is 29.6 Å². The Morgan fingerprint density at radius 2 is 2.06 bits per heavy atom. The van der Waals surface area contributed by atoms with Crippen molar-refractivity contribution in [1.29, 1.82) is 0 Å². The Morgan fingerprint density at radius 1 is 1.35 bits per heavy atom. The summed E-state index contributed by atoms with van der Waals surface area (Å²) >= 11 is 0. The van der Waals surface area contributed by atoms with Crippen LogP contribution in [-0.2, 0) is 19.0 Å². The van der Waals surface area contributed by atoms with Crippen LogP contribution in [0.15, 0.2) is 18.2 Å². The minimum Gasteiger partial charge on any atom is -0.331 e. The van der Waals surface area contributed by atoms with E-state index in [1.165, 1.54) is 5.52 Å². The van der Waals surface area contributed by atoms with Crippen LogP contribution in [0.1, 0.15) is 38.6 Å². The first-order chi connectivity index (χ1) is 8.01. The number of hydrogen-bond donors (Lipinski definition) is 1. The maximum Gasteiger partial charge on any atom is 0.115 e. The molecule has 0 amide bonds. The lowest BCUT2D eigenvalue weighted by molar-refractivity contribution is 0.460. The number of hydrogen-bond acceptors (Lipinski definition) is 2. The van der Waals surface area contributed by atoms with Gasteiger partial charge in [0, 0.05) is 19.0 Å². The van der Waals surface area contributed by atoms with Crippen LogP contribution < -0.4 is 5.73 Å². The lowest BCUT2D eigenvalue weighted by atomic mass is 9.89. The lowest BCUT2D eigenvalue weighted by Crippen LogP contribution is -2.20. The molecule has 0 aliphatic rings. The molecule has 0 aliphatic carbocycles. The molecule has 17 heavy (non-hydrogen) atoms.